The number of H-pyrrole nitrogens is 1. The van der Waals surface area contributed by atoms with E-state index in [1.807, 2.05) is 0 Å². The van der Waals surface area contributed by atoms with Crippen LogP contribution in [0.3, 0.4) is 0 Å². The van der Waals surface area contributed by atoms with Crippen LogP contribution in [-0.2, 0) is 6.42 Å². The summed E-state index contributed by atoms with van der Waals surface area (Å²) in [5.74, 6) is -2.37. The topological polar surface area (TPSA) is 58.1 Å². The van der Waals surface area contributed by atoms with E-state index in [0.29, 0.717) is 29.6 Å². The van der Waals surface area contributed by atoms with Crippen molar-refractivity contribution in [1.82, 2.24) is 9.55 Å². The Morgan fingerprint density at radius 3 is 2.73 bits per heavy atom. The summed E-state index contributed by atoms with van der Waals surface area (Å²) in [6, 6.07) is 7.79. The summed E-state index contributed by atoms with van der Waals surface area (Å²) in [5.41, 5.74) is 2.11. The molecule has 1 saturated carbocycles. The van der Waals surface area contributed by atoms with E-state index >= 15 is 0 Å². The monoisotopic (exact) mass is 355 g/mol. The molecule has 0 atom stereocenters. The second kappa shape index (κ2) is 5.27. The third kappa shape index (κ3) is 2.13. The number of hydrogen-bond donors (Lipinski definition) is 1. The van der Waals surface area contributed by atoms with Crippen LogP contribution in [0.25, 0.3) is 11.0 Å². The van der Waals surface area contributed by atoms with Gasteiger partial charge in [-0.2, -0.15) is 0 Å². The number of hydrogen-bond acceptors (Lipinski definition) is 2. The van der Waals surface area contributed by atoms with Gasteiger partial charge < -0.3 is 9.88 Å². The van der Waals surface area contributed by atoms with Gasteiger partial charge in [0, 0.05) is 18.2 Å². The Bertz CT molecular complexity index is 1130. The SMILES string of the molecule is O=C(c1ccc2c(c1)[nH]c(=O)n2C1CC1)N1CCc2ccc(F)c(F)c21. The molecule has 0 spiro atoms. The Labute approximate surface area is 146 Å². The van der Waals surface area contributed by atoms with E-state index in [1.54, 1.807) is 22.8 Å². The zero-order chi connectivity index (χ0) is 18.0. The zero-order valence-electron chi connectivity index (χ0n) is 13.8. The van der Waals surface area contributed by atoms with Crippen molar-refractivity contribution in [3.8, 4) is 0 Å². The number of carbonyl (C=O) groups is 1. The Morgan fingerprint density at radius 2 is 1.96 bits per heavy atom. The number of benzene rings is 2. The van der Waals surface area contributed by atoms with E-state index in [1.165, 1.54) is 11.0 Å². The number of anilines is 1. The number of imidazole rings is 1. The first kappa shape index (κ1) is 15.3. The molecule has 0 bridgehead atoms. The average Bonchev–Trinajstić information content (AvgIpc) is 3.27. The van der Waals surface area contributed by atoms with Gasteiger partial charge in [-0.1, -0.05) is 6.07 Å². The van der Waals surface area contributed by atoms with Crippen LogP contribution < -0.4 is 10.6 Å². The molecule has 5 rings (SSSR count). The molecule has 2 aliphatic rings. The molecule has 5 nitrogen and oxygen atoms in total. The molecule has 132 valence electrons. The van der Waals surface area contributed by atoms with Crippen molar-refractivity contribution in [2.45, 2.75) is 25.3 Å². The van der Waals surface area contributed by atoms with Crippen molar-refractivity contribution in [2.75, 3.05) is 11.4 Å². The van der Waals surface area contributed by atoms with Crippen LogP contribution in [0.1, 0.15) is 34.8 Å². The largest absolute Gasteiger partial charge is 0.326 e. The van der Waals surface area contributed by atoms with E-state index < -0.39 is 17.5 Å². The van der Waals surface area contributed by atoms with Crippen molar-refractivity contribution < 1.29 is 13.6 Å². The van der Waals surface area contributed by atoms with E-state index in [9.17, 15) is 18.4 Å². The van der Waals surface area contributed by atoms with Crippen molar-refractivity contribution in [3.05, 3.63) is 63.6 Å². The standard InChI is InChI=1S/C19H15F2N3O2/c20-13-5-1-10-7-8-23(17(10)16(13)21)18(25)11-2-6-15-14(9-11)22-19(26)24(15)12-3-4-12/h1-2,5-6,9,12H,3-4,7-8H2,(H,22,26). The van der Waals surface area contributed by atoms with Crippen molar-refractivity contribution in [3.63, 3.8) is 0 Å². The third-order valence-corrected chi connectivity index (χ3v) is 5.15. The average molecular weight is 355 g/mol. The van der Waals surface area contributed by atoms with Crippen molar-refractivity contribution >= 4 is 22.6 Å². The van der Waals surface area contributed by atoms with Gasteiger partial charge in [-0.05, 0) is 49.1 Å². The first-order valence-electron chi connectivity index (χ1n) is 8.57. The summed E-state index contributed by atoms with van der Waals surface area (Å²) in [6.45, 7) is 0.298. The minimum absolute atomic E-state index is 0.0131. The number of amides is 1. The van der Waals surface area contributed by atoms with E-state index in [2.05, 4.69) is 4.98 Å². The number of fused-ring (bicyclic) bond motifs is 2. The lowest BCUT2D eigenvalue weighted by Crippen LogP contribution is -2.29. The third-order valence-electron chi connectivity index (χ3n) is 5.15. The Balaban J connectivity index is 1.56. The first-order chi connectivity index (χ1) is 12.5. The van der Waals surface area contributed by atoms with Gasteiger partial charge in [0.25, 0.3) is 5.91 Å². The molecular formula is C19H15F2N3O2. The van der Waals surface area contributed by atoms with Gasteiger partial charge >= 0.3 is 5.69 Å². The lowest BCUT2D eigenvalue weighted by molar-refractivity contribution is 0.0988. The number of aromatic nitrogens is 2. The first-order valence-corrected chi connectivity index (χ1v) is 8.57. The molecule has 0 saturated heterocycles. The molecule has 0 radical (unpaired) electrons. The molecule has 3 aromatic rings. The molecule has 2 heterocycles. The molecule has 1 amide bonds. The van der Waals surface area contributed by atoms with Gasteiger partial charge in [-0.3, -0.25) is 9.36 Å². The summed E-state index contributed by atoms with van der Waals surface area (Å²) < 4.78 is 29.5. The van der Waals surface area contributed by atoms with Crippen LogP contribution in [0, 0.1) is 11.6 Å². The van der Waals surface area contributed by atoms with Crippen LogP contribution in [0.4, 0.5) is 14.5 Å². The summed E-state index contributed by atoms with van der Waals surface area (Å²) in [5, 5.41) is 0. The molecule has 0 unspecified atom stereocenters. The number of carbonyl (C=O) groups excluding carboxylic acids is 1. The highest BCUT2D eigenvalue weighted by Gasteiger charge is 2.31. The molecule has 2 aromatic carbocycles. The van der Waals surface area contributed by atoms with Crippen LogP contribution in [0.5, 0.6) is 0 Å². The summed E-state index contributed by atoms with van der Waals surface area (Å²) in [4.78, 5) is 29.1. The zero-order valence-corrected chi connectivity index (χ0v) is 13.8. The highest BCUT2D eigenvalue weighted by Crippen LogP contribution is 2.36. The summed E-state index contributed by atoms with van der Waals surface area (Å²) in [6.07, 6.45) is 2.43. The smallest absolute Gasteiger partial charge is 0.306 e. The van der Waals surface area contributed by atoms with Gasteiger partial charge in [0.15, 0.2) is 11.6 Å². The maximum Gasteiger partial charge on any atom is 0.326 e. The Hall–Kier alpha value is -2.96. The molecule has 1 aromatic heterocycles. The van der Waals surface area contributed by atoms with Gasteiger partial charge in [0.2, 0.25) is 0 Å². The normalized spacial score (nSPS) is 16.3. The van der Waals surface area contributed by atoms with Crippen molar-refractivity contribution in [1.29, 1.82) is 0 Å². The fraction of sp³-hybridized carbons (Fsp3) is 0.263. The minimum atomic E-state index is -0.997. The maximum absolute atomic E-state index is 14.2. The number of aromatic amines is 1. The fourth-order valence-corrected chi connectivity index (χ4v) is 3.74. The van der Waals surface area contributed by atoms with E-state index in [0.717, 1.165) is 24.4 Å². The predicted octanol–water partition coefficient (Wildman–Crippen LogP) is 3.15. The number of nitrogens with one attached hydrogen (secondary N) is 1. The molecular weight excluding hydrogens is 340 g/mol. The highest BCUT2D eigenvalue weighted by atomic mass is 19.2. The van der Waals surface area contributed by atoms with Gasteiger partial charge in [-0.25, -0.2) is 13.6 Å². The van der Waals surface area contributed by atoms with Gasteiger partial charge in [-0.15, -0.1) is 0 Å². The predicted molar refractivity (Wildman–Crippen MR) is 92.6 cm³/mol. The number of nitrogens with zero attached hydrogens (tertiary/aromatic N) is 2. The molecule has 1 N–H and O–H groups in total. The number of rotatable bonds is 2. The molecule has 26 heavy (non-hydrogen) atoms. The highest BCUT2D eigenvalue weighted by molar-refractivity contribution is 6.08. The van der Waals surface area contributed by atoms with Crippen molar-refractivity contribution in [2.24, 2.45) is 0 Å². The lowest BCUT2D eigenvalue weighted by Gasteiger charge is -2.18. The van der Waals surface area contributed by atoms with Crippen LogP contribution >= 0.6 is 0 Å². The van der Waals surface area contributed by atoms with Crippen LogP contribution in [-0.4, -0.2) is 22.0 Å². The van der Waals surface area contributed by atoms with E-state index in [-0.39, 0.29) is 17.4 Å². The quantitative estimate of drug-likeness (QED) is 0.768. The second-order valence-electron chi connectivity index (χ2n) is 6.84. The molecule has 1 aliphatic heterocycles. The van der Waals surface area contributed by atoms with Crippen LogP contribution in [0.15, 0.2) is 35.1 Å². The van der Waals surface area contributed by atoms with Crippen LogP contribution in [0.2, 0.25) is 0 Å². The fourth-order valence-electron chi connectivity index (χ4n) is 3.74. The molecule has 7 heteroatoms. The molecule has 1 aliphatic carbocycles. The summed E-state index contributed by atoms with van der Waals surface area (Å²) in [7, 11) is 0. The lowest BCUT2D eigenvalue weighted by atomic mass is 10.1. The maximum atomic E-state index is 14.2. The van der Waals surface area contributed by atoms with E-state index in [4.69, 9.17) is 0 Å². The summed E-state index contributed by atoms with van der Waals surface area (Å²) >= 11 is 0. The minimum Gasteiger partial charge on any atom is -0.306 e. The van der Waals surface area contributed by atoms with Gasteiger partial charge in [0.1, 0.15) is 0 Å². The second-order valence-corrected chi connectivity index (χ2v) is 6.84. The Morgan fingerprint density at radius 1 is 1.15 bits per heavy atom. The molecule has 1 fully saturated rings. The Kier molecular flexibility index (Phi) is 3.10. The van der Waals surface area contributed by atoms with Gasteiger partial charge in [0.05, 0.1) is 16.7 Å². The number of halogens is 2.